The standard InChI is InChI=1S/C20H29N3O2/c1-14-9-10-22-13-16(21-18(22)15(14)2)12-17-8-6-7-11-23(17,19(24)25)20(3,4)5/h9-10,13,17H,6-8,11-12H2,1-5H3/p+1/t17-,23?/m0/s1/i1D3,2D3,3D,6D2,7D2,8D2,9D,10D,11D2,12D2,13D,17D. The van der Waals surface area contributed by atoms with Crippen LogP contribution in [0.25, 0.3) is 5.65 Å². The molecular weight excluding hydrogens is 314 g/mol. The van der Waals surface area contributed by atoms with Crippen LogP contribution in [-0.4, -0.2) is 43.1 Å². The van der Waals surface area contributed by atoms with Crippen molar-refractivity contribution in [2.24, 2.45) is 0 Å². The summed E-state index contributed by atoms with van der Waals surface area (Å²) in [5.74, 6) is 0. The Morgan fingerprint density at radius 2 is 2.48 bits per heavy atom. The molecule has 0 aromatic carbocycles. The van der Waals surface area contributed by atoms with Crippen LogP contribution in [-0.2, 0) is 6.37 Å². The van der Waals surface area contributed by atoms with Crippen LogP contribution in [0.1, 0.15) is 85.5 Å². The van der Waals surface area contributed by atoms with Gasteiger partial charge in [-0.2, -0.15) is 4.79 Å². The number of carboxylic acid groups (broad SMARTS) is 1. The second-order valence-corrected chi connectivity index (χ2v) is 5.94. The number of fused-ring (bicyclic) bond motifs is 1. The molecule has 25 heavy (non-hydrogen) atoms. The quantitative estimate of drug-likeness (QED) is 0.806. The summed E-state index contributed by atoms with van der Waals surface area (Å²) in [6.07, 6.45) is -22.3. The second kappa shape index (κ2) is 6.13. The van der Waals surface area contributed by atoms with Crippen LogP contribution in [0.3, 0.4) is 0 Å². The Hall–Kier alpha value is -1.88. The van der Waals surface area contributed by atoms with Crippen LogP contribution in [0.2, 0.25) is 0 Å². The number of nitrogens with zero attached hydrogens (tertiary/aromatic N) is 3. The largest absolute Gasteiger partial charge is 0.514 e. The van der Waals surface area contributed by atoms with E-state index in [0.29, 0.717) is 0 Å². The first-order valence-electron chi connectivity index (χ1n) is 17.8. The van der Waals surface area contributed by atoms with Gasteiger partial charge in [0, 0.05) is 45.7 Å². The number of piperidine rings is 1. The highest BCUT2D eigenvalue weighted by molar-refractivity contribution is 5.58. The summed E-state index contributed by atoms with van der Waals surface area (Å²) in [5, 5.41) is 10.7. The maximum absolute atomic E-state index is 13.3. The summed E-state index contributed by atoms with van der Waals surface area (Å²) in [4.78, 5) is 17.0. The van der Waals surface area contributed by atoms with E-state index in [4.69, 9.17) is 27.4 Å². The predicted molar refractivity (Wildman–Crippen MR) is 98.9 cm³/mol. The molecule has 5 nitrogen and oxygen atoms in total. The molecular formula is C20H30N3O2+. The van der Waals surface area contributed by atoms with Crippen LogP contribution in [0, 0.1) is 13.7 Å². The van der Waals surface area contributed by atoms with E-state index in [-0.39, 0.29) is 4.40 Å². The molecule has 2 aromatic rings. The minimum atomic E-state index is -4.48. The molecule has 1 unspecified atom stereocenters. The van der Waals surface area contributed by atoms with Gasteiger partial charge in [0.2, 0.25) is 0 Å². The summed E-state index contributed by atoms with van der Waals surface area (Å²) in [5.41, 5.74) is -7.89. The molecule has 0 aliphatic carbocycles. The lowest BCUT2D eigenvalue weighted by Gasteiger charge is -2.51. The van der Waals surface area contributed by atoms with Gasteiger partial charge in [-0.05, 0) is 64.4 Å². The Balaban J connectivity index is 2.78. The first-order chi connectivity index (χ1) is 20.1. The Bertz CT molecular complexity index is 1610. The zero-order valence-electron chi connectivity index (χ0n) is 34.4. The van der Waals surface area contributed by atoms with Gasteiger partial charge in [-0.15, -0.1) is 0 Å². The van der Waals surface area contributed by atoms with Crippen LogP contribution in [0.4, 0.5) is 4.79 Å². The van der Waals surface area contributed by atoms with E-state index in [1.54, 1.807) is 0 Å². The van der Waals surface area contributed by atoms with E-state index in [2.05, 4.69) is 4.98 Å². The number of hydrogen-bond acceptors (Lipinski definition) is 2. The van der Waals surface area contributed by atoms with Crippen molar-refractivity contribution in [3.8, 4) is 0 Å². The minimum Gasteiger partial charge on any atom is -0.435 e. The van der Waals surface area contributed by atoms with Gasteiger partial charge in [0.1, 0.15) is 17.2 Å². The van der Waals surface area contributed by atoms with Gasteiger partial charge in [0.15, 0.2) is 0 Å². The molecule has 0 saturated carbocycles. The lowest BCUT2D eigenvalue weighted by Crippen LogP contribution is -2.70. The summed E-state index contributed by atoms with van der Waals surface area (Å²) >= 11 is 0. The van der Waals surface area contributed by atoms with E-state index >= 15 is 0 Å². The van der Waals surface area contributed by atoms with Crippen LogP contribution < -0.4 is 0 Å². The maximum Gasteiger partial charge on any atom is 0.514 e. The summed E-state index contributed by atoms with van der Waals surface area (Å²) in [7, 11) is 0. The molecule has 0 radical (unpaired) electrons. The van der Waals surface area contributed by atoms with E-state index in [1.807, 2.05) is 0 Å². The Morgan fingerprint density at radius 1 is 1.64 bits per heavy atom. The van der Waals surface area contributed by atoms with Gasteiger partial charge in [0.25, 0.3) is 0 Å². The second-order valence-electron chi connectivity index (χ2n) is 5.94. The van der Waals surface area contributed by atoms with Crippen LogP contribution >= 0.6 is 0 Å². The maximum atomic E-state index is 13.3. The van der Waals surface area contributed by atoms with Gasteiger partial charge in [0.05, 0.1) is 20.4 Å². The zero-order valence-corrected chi connectivity index (χ0v) is 13.4. The number of hydrogen-bond donors (Lipinski definition) is 1. The van der Waals surface area contributed by atoms with Crippen LogP contribution in [0.15, 0.2) is 18.4 Å². The van der Waals surface area contributed by atoms with Crippen molar-refractivity contribution in [3.63, 3.8) is 0 Å². The number of amides is 1. The Labute approximate surface area is 179 Å². The summed E-state index contributed by atoms with van der Waals surface area (Å²) < 4.78 is 174. The van der Waals surface area contributed by atoms with Crippen molar-refractivity contribution in [2.45, 2.75) is 71.5 Å². The van der Waals surface area contributed by atoms with Gasteiger partial charge in [-0.3, -0.25) is 0 Å². The molecule has 3 heterocycles. The number of aryl methyl sites for hydroxylation is 1. The molecule has 136 valence electrons. The number of aromatic nitrogens is 2. The van der Waals surface area contributed by atoms with Crippen molar-refractivity contribution in [3.05, 3.63) is 35.2 Å². The Morgan fingerprint density at radius 3 is 3.16 bits per heavy atom. The van der Waals surface area contributed by atoms with Crippen LogP contribution in [0.5, 0.6) is 0 Å². The molecule has 1 N–H and O–H groups in total. The average Bonchev–Trinajstić information content (AvgIpc) is 3.20. The van der Waals surface area contributed by atoms with Gasteiger partial charge in [-0.25, -0.2) is 9.47 Å². The highest BCUT2D eigenvalue weighted by Gasteiger charge is 2.54. The smallest absolute Gasteiger partial charge is 0.435 e. The van der Waals surface area contributed by atoms with Gasteiger partial charge >= 0.3 is 6.09 Å². The predicted octanol–water partition coefficient (Wildman–Crippen LogP) is 4.34. The van der Waals surface area contributed by atoms with Crippen molar-refractivity contribution >= 4 is 11.7 Å². The fraction of sp³-hybridized carbons (Fsp3) is 0.600. The third kappa shape index (κ3) is 2.84. The van der Waals surface area contributed by atoms with E-state index in [9.17, 15) is 11.3 Å². The van der Waals surface area contributed by atoms with Crippen molar-refractivity contribution < 1.29 is 43.2 Å². The average molecular weight is 366 g/mol. The minimum absolute atomic E-state index is 0.182. The zero-order chi connectivity index (χ0) is 36.6. The number of likely N-dealkylation sites (tertiary alicyclic amines) is 1. The summed E-state index contributed by atoms with van der Waals surface area (Å²) in [6.45, 7) is -10.8. The van der Waals surface area contributed by atoms with Crippen molar-refractivity contribution in [1.29, 1.82) is 0 Å². The van der Waals surface area contributed by atoms with E-state index < -0.39 is 116 Å². The topological polar surface area (TPSA) is 54.6 Å². The molecule has 1 aliphatic heterocycles. The first-order valence-corrected chi connectivity index (χ1v) is 7.04. The first kappa shape index (κ1) is 5.32. The number of quaternary nitrogens is 1. The SMILES string of the molecule is [2H]CC(C)(C)[N+]1(C(=O)O)C([2H])([2H])C([2H])([2H])C([2H])([2H])C([2H])([2H])[C@@]1([2H])C([2H])([2H])c1nc2c(C([2H])([2H])[2H])c(C([2H])([2H])[2H])c([2H])c([2H])n2c1[2H]. The fourth-order valence-electron chi connectivity index (χ4n) is 2.36. The summed E-state index contributed by atoms with van der Waals surface area (Å²) in [6, 6.07) is -5.74. The molecule has 2 aromatic heterocycles. The molecule has 0 bridgehead atoms. The van der Waals surface area contributed by atoms with Crippen molar-refractivity contribution in [1.82, 2.24) is 9.38 Å². The highest BCUT2D eigenvalue weighted by Crippen LogP contribution is 2.37. The number of pyridine rings is 1. The van der Waals surface area contributed by atoms with Gasteiger partial charge < -0.3 is 9.51 Å². The van der Waals surface area contributed by atoms with Gasteiger partial charge in [-0.1, -0.05) is 0 Å². The molecule has 2 atom stereocenters. The molecule has 1 saturated heterocycles. The molecule has 3 rings (SSSR count). The number of imidazole rings is 1. The Kier molecular flexibility index (Phi) is 1.30. The number of rotatable bonds is 2. The third-order valence-electron chi connectivity index (χ3n) is 3.65. The van der Waals surface area contributed by atoms with E-state index in [0.717, 1.165) is 13.8 Å². The molecule has 1 fully saturated rings. The molecule has 0 spiro atoms. The lowest BCUT2D eigenvalue weighted by molar-refractivity contribution is -0.931. The monoisotopic (exact) mass is 365 g/mol. The van der Waals surface area contributed by atoms with E-state index in [1.165, 1.54) is 0 Å². The lowest BCUT2D eigenvalue weighted by atomic mass is 9.88. The number of carbonyl (C=O) groups is 1. The fourth-order valence-corrected chi connectivity index (χ4v) is 2.36. The molecule has 1 amide bonds. The third-order valence-corrected chi connectivity index (χ3v) is 3.65. The normalized spacial score (nSPS) is 49.4. The highest BCUT2D eigenvalue weighted by atomic mass is 16.4. The van der Waals surface area contributed by atoms with Crippen molar-refractivity contribution in [2.75, 3.05) is 6.50 Å². The molecule has 1 aliphatic rings. The molecule has 5 heteroatoms.